The molecule has 0 saturated carbocycles. The number of aliphatic hydroxyl groups is 1. The third-order valence-corrected chi connectivity index (χ3v) is 4.11. The zero-order chi connectivity index (χ0) is 9.90. The number of aryl methyl sites for hydroxylation is 1. The third kappa shape index (κ3) is 3.62. The van der Waals surface area contributed by atoms with Crippen LogP contribution in [0.2, 0.25) is 0 Å². The minimum Gasteiger partial charge on any atom is -0.389 e. The van der Waals surface area contributed by atoms with Gasteiger partial charge in [-0.25, -0.2) is 0 Å². The lowest BCUT2D eigenvalue weighted by atomic mass is 10.1. The van der Waals surface area contributed by atoms with Gasteiger partial charge in [-0.05, 0) is 20.3 Å². The Kier molecular flexibility index (Phi) is 3.70. The van der Waals surface area contributed by atoms with Crippen LogP contribution in [0.1, 0.15) is 25.3 Å². The molecule has 0 saturated heterocycles. The lowest BCUT2D eigenvalue weighted by Gasteiger charge is -2.19. The number of rotatable bonds is 4. The Hall–Kier alpha value is -0.130. The van der Waals surface area contributed by atoms with Gasteiger partial charge in [0, 0.05) is 5.75 Å². The van der Waals surface area contributed by atoms with E-state index in [1.54, 1.807) is 23.1 Å². The van der Waals surface area contributed by atoms with Crippen molar-refractivity contribution in [2.24, 2.45) is 0 Å². The summed E-state index contributed by atoms with van der Waals surface area (Å²) in [6, 6.07) is 0. The number of hydrogen-bond acceptors (Lipinski definition) is 5. The fraction of sp³-hybridized carbons (Fsp3) is 0.750. The van der Waals surface area contributed by atoms with E-state index in [1.165, 1.54) is 0 Å². The molecule has 0 amide bonds. The van der Waals surface area contributed by atoms with Gasteiger partial charge in [0.2, 0.25) is 0 Å². The standard InChI is InChI=1S/C8H14N2OS2/c1-4-8(3,11)5-12-7-10-9-6(2)13-7/h11H,4-5H2,1-3H3. The van der Waals surface area contributed by atoms with Crippen LogP contribution >= 0.6 is 23.1 Å². The van der Waals surface area contributed by atoms with Gasteiger partial charge in [-0.2, -0.15) is 0 Å². The predicted octanol–water partition coefficient (Wildman–Crippen LogP) is 2.10. The maximum atomic E-state index is 9.73. The summed E-state index contributed by atoms with van der Waals surface area (Å²) in [5.74, 6) is 0.679. The Morgan fingerprint density at radius 1 is 1.54 bits per heavy atom. The first-order valence-corrected chi connectivity index (χ1v) is 5.99. The van der Waals surface area contributed by atoms with Crippen molar-refractivity contribution in [1.29, 1.82) is 0 Å². The molecule has 1 atom stereocenters. The Morgan fingerprint density at radius 3 is 2.69 bits per heavy atom. The zero-order valence-electron chi connectivity index (χ0n) is 8.07. The maximum Gasteiger partial charge on any atom is 0.174 e. The quantitative estimate of drug-likeness (QED) is 0.786. The van der Waals surface area contributed by atoms with Gasteiger partial charge in [0.1, 0.15) is 5.01 Å². The fourth-order valence-electron chi connectivity index (χ4n) is 0.656. The van der Waals surface area contributed by atoms with Crippen molar-refractivity contribution in [3.8, 4) is 0 Å². The van der Waals surface area contributed by atoms with Crippen LogP contribution in [0.3, 0.4) is 0 Å². The normalized spacial score (nSPS) is 15.7. The average Bonchev–Trinajstić information content (AvgIpc) is 2.48. The molecule has 1 unspecified atom stereocenters. The van der Waals surface area contributed by atoms with E-state index in [0.29, 0.717) is 5.75 Å². The van der Waals surface area contributed by atoms with Gasteiger partial charge in [-0.3, -0.25) is 0 Å². The lowest BCUT2D eigenvalue weighted by molar-refractivity contribution is 0.0816. The van der Waals surface area contributed by atoms with Crippen LogP contribution in [0, 0.1) is 6.92 Å². The van der Waals surface area contributed by atoms with Crippen LogP contribution in [0.5, 0.6) is 0 Å². The van der Waals surface area contributed by atoms with Crippen LogP contribution in [0.4, 0.5) is 0 Å². The molecule has 74 valence electrons. The van der Waals surface area contributed by atoms with Crippen LogP contribution in [0.15, 0.2) is 4.34 Å². The smallest absolute Gasteiger partial charge is 0.174 e. The molecule has 1 rings (SSSR count). The van der Waals surface area contributed by atoms with E-state index in [9.17, 15) is 5.11 Å². The van der Waals surface area contributed by atoms with Gasteiger partial charge in [0.05, 0.1) is 5.60 Å². The van der Waals surface area contributed by atoms with Gasteiger partial charge in [0.15, 0.2) is 4.34 Å². The molecule has 0 aromatic carbocycles. The molecule has 1 N–H and O–H groups in total. The van der Waals surface area contributed by atoms with Gasteiger partial charge in [-0.1, -0.05) is 30.0 Å². The van der Waals surface area contributed by atoms with E-state index in [0.717, 1.165) is 15.8 Å². The topological polar surface area (TPSA) is 46.0 Å². The molecule has 0 aliphatic carbocycles. The Morgan fingerprint density at radius 2 is 2.23 bits per heavy atom. The first-order chi connectivity index (χ1) is 6.03. The van der Waals surface area contributed by atoms with E-state index >= 15 is 0 Å². The molecule has 1 aromatic rings. The molecule has 0 bridgehead atoms. The summed E-state index contributed by atoms with van der Waals surface area (Å²) in [7, 11) is 0. The first-order valence-electron chi connectivity index (χ1n) is 4.19. The number of hydrogen-bond donors (Lipinski definition) is 1. The Balaban J connectivity index is 2.43. The van der Waals surface area contributed by atoms with E-state index in [2.05, 4.69) is 10.2 Å². The summed E-state index contributed by atoms with van der Waals surface area (Å²) in [5.41, 5.74) is -0.593. The molecule has 0 fully saturated rings. The fourth-order valence-corrected chi connectivity index (χ4v) is 2.58. The van der Waals surface area contributed by atoms with Crippen molar-refractivity contribution in [2.75, 3.05) is 5.75 Å². The molecule has 1 heterocycles. The highest BCUT2D eigenvalue weighted by molar-refractivity contribution is 8.01. The summed E-state index contributed by atoms with van der Waals surface area (Å²) < 4.78 is 0.936. The SMILES string of the molecule is CCC(C)(O)CSc1nnc(C)s1. The lowest BCUT2D eigenvalue weighted by Crippen LogP contribution is -2.25. The van der Waals surface area contributed by atoms with Crippen molar-refractivity contribution in [3.05, 3.63) is 5.01 Å². The maximum absolute atomic E-state index is 9.73. The zero-order valence-corrected chi connectivity index (χ0v) is 9.71. The minimum atomic E-state index is -0.593. The van der Waals surface area contributed by atoms with E-state index < -0.39 is 5.60 Å². The average molecular weight is 218 g/mol. The molecule has 5 heteroatoms. The highest BCUT2D eigenvalue weighted by Crippen LogP contribution is 2.26. The van der Waals surface area contributed by atoms with Crippen LogP contribution < -0.4 is 0 Å². The van der Waals surface area contributed by atoms with Crippen molar-refractivity contribution in [3.63, 3.8) is 0 Å². The van der Waals surface area contributed by atoms with E-state index in [1.807, 2.05) is 20.8 Å². The molecule has 0 aliphatic heterocycles. The van der Waals surface area contributed by atoms with Crippen LogP contribution in [-0.4, -0.2) is 26.7 Å². The molecule has 13 heavy (non-hydrogen) atoms. The van der Waals surface area contributed by atoms with Gasteiger partial charge in [-0.15, -0.1) is 10.2 Å². The van der Waals surface area contributed by atoms with Crippen molar-refractivity contribution in [2.45, 2.75) is 37.1 Å². The molecule has 0 aliphatic rings. The summed E-state index contributed by atoms with van der Waals surface area (Å²) >= 11 is 3.14. The summed E-state index contributed by atoms with van der Waals surface area (Å²) in [6.45, 7) is 5.75. The van der Waals surface area contributed by atoms with Crippen LogP contribution in [-0.2, 0) is 0 Å². The highest BCUT2D eigenvalue weighted by atomic mass is 32.2. The molecule has 0 spiro atoms. The van der Waals surface area contributed by atoms with E-state index in [4.69, 9.17) is 0 Å². The Labute approximate surface area is 86.6 Å². The van der Waals surface area contributed by atoms with Crippen molar-refractivity contribution >= 4 is 23.1 Å². The second-order valence-electron chi connectivity index (χ2n) is 3.23. The van der Waals surface area contributed by atoms with Gasteiger partial charge >= 0.3 is 0 Å². The van der Waals surface area contributed by atoms with Crippen LogP contribution in [0.25, 0.3) is 0 Å². The molecule has 1 aromatic heterocycles. The molecule has 3 nitrogen and oxygen atoms in total. The Bertz CT molecular complexity index is 273. The minimum absolute atomic E-state index is 0.593. The first kappa shape index (κ1) is 10.9. The monoisotopic (exact) mass is 218 g/mol. The predicted molar refractivity (Wildman–Crippen MR) is 56.3 cm³/mol. The molecular formula is C8H14N2OS2. The largest absolute Gasteiger partial charge is 0.389 e. The van der Waals surface area contributed by atoms with Crippen molar-refractivity contribution < 1.29 is 5.11 Å². The second kappa shape index (κ2) is 4.39. The summed E-state index contributed by atoms with van der Waals surface area (Å²) in [4.78, 5) is 0. The number of thioether (sulfide) groups is 1. The number of aromatic nitrogens is 2. The second-order valence-corrected chi connectivity index (χ2v) is 5.63. The third-order valence-electron chi connectivity index (χ3n) is 1.78. The van der Waals surface area contributed by atoms with Gasteiger partial charge in [0.25, 0.3) is 0 Å². The van der Waals surface area contributed by atoms with Gasteiger partial charge < -0.3 is 5.11 Å². The summed E-state index contributed by atoms with van der Waals surface area (Å²) in [5, 5.41) is 18.6. The summed E-state index contributed by atoms with van der Waals surface area (Å²) in [6.07, 6.45) is 0.762. The molecular weight excluding hydrogens is 204 g/mol. The molecule has 0 radical (unpaired) electrons. The van der Waals surface area contributed by atoms with Crippen molar-refractivity contribution in [1.82, 2.24) is 10.2 Å². The highest BCUT2D eigenvalue weighted by Gasteiger charge is 2.18. The number of nitrogens with zero attached hydrogens (tertiary/aromatic N) is 2. The van der Waals surface area contributed by atoms with E-state index in [-0.39, 0.29) is 0 Å².